The molecule has 0 N–H and O–H groups in total. The Morgan fingerprint density at radius 1 is 1.11 bits per heavy atom. The summed E-state index contributed by atoms with van der Waals surface area (Å²) >= 11 is 6.40. The quantitative estimate of drug-likeness (QED) is 0.662. The molecule has 0 unspecified atom stereocenters. The highest BCUT2D eigenvalue weighted by atomic mass is 35.5. The molecule has 0 fully saturated rings. The van der Waals surface area contributed by atoms with Crippen LogP contribution in [0.15, 0.2) is 53.1 Å². The Labute approximate surface area is 163 Å². The average Bonchev–Trinajstić information content (AvgIpc) is 2.99. The van der Waals surface area contributed by atoms with E-state index in [1.165, 1.54) is 5.01 Å². The lowest BCUT2D eigenvalue weighted by atomic mass is 10.0. The van der Waals surface area contributed by atoms with Crippen molar-refractivity contribution in [1.82, 2.24) is 0 Å². The number of rotatable bonds is 6. The molecule has 0 saturated carbocycles. The third-order valence-corrected chi connectivity index (χ3v) is 4.57. The zero-order chi connectivity index (χ0) is 19.4. The number of nitrogens with zero attached hydrogens (tertiary/aromatic N) is 2. The number of carbonyl (C=O) groups excluding carboxylic acids is 1. The number of para-hydroxylation sites is 1. The second kappa shape index (κ2) is 8.27. The maximum absolute atomic E-state index is 13.0. The van der Waals surface area contributed by atoms with Gasteiger partial charge in [-0.1, -0.05) is 43.1 Å². The number of anilines is 1. The van der Waals surface area contributed by atoms with Gasteiger partial charge in [-0.3, -0.25) is 4.79 Å². The predicted octanol–water partition coefficient (Wildman–Crippen LogP) is 4.94. The summed E-state index contributed by atoms with van der Waals surface area (Å²) in [5.41, 5.74) is 2.70. The number of amides is 1. The van der Waals surface area contributed by atoms with Gasteiger partial charge >= 0.3 is 0 Å². The van der Waals surface area contributed by atoms with Crippen molar-refractivity contribution in [3.8, 4) is 11.5 Å². The van der Waals surface area contributed by atoms with Crippen LogP contribution >= 0.6 is 11.6 Å². The zero-order valence-corrected chi connectivity index (χ0v) is 16.3. The van der Waals surface area contributed by atoms with E-state index < -0.39 is 0 Å². The van der Waals surface area contributed by atoms with Crippen molar-refractivity contribution in [2.75, 3.05) is 19.2 Å². The SMILES string of the molecule is CCCC1=NN(c2ccccc2)C(=O)/C1=C\c1cc(OC)c(OC)cc1Cl. The van der Waals surface area contributed by atoms with Gasteiger partial charge in [0.2, 0.25) is 0 Å². The van der Waals surface area contributed by atoms with Gasteiger partial charge in [0.15, 0.2) is 11.5 Å². The summed E-state index contributed by atoms with van der Waals surface area (Å²) in [7, 11) is 3.11. The van der Waals surface area contributed by atoms with Crippen molar-refractivity contribution >= 4 is 35.0 Å². The van der Waals surface area contributed by atoms with E-state index in [9.17, 15) is 4.79 Å². The van der Waals surface area contributed by atoms with Crippen LogP contribution in [0.1, 0.15) is 25.3 Å². The Morgan fingerprint density at radius 3 is 2.41 bits per heavy atom. The number of carbonyl (C=O) groups is 1. The molecule has 0 aliphatic carbocycles. The normalized spacial score (nSPS) is 15.3. The van der Waals surface area contributed by atoms with Crippen LogP contribution in [0.3, 0.4) is 0 Å². The minimum Gasteiger partial charge on any atom is -0.493 e. The van der Waals surface area contributed by atoms with Crippen molar-refractivity contribution in [2.24, 2.45) is 5.10 Å². The summed E-state index contributed by atoms with van der Waals surface area (Å²) in [6, 6.07) is 12.8. The average molecular weight is 385 g/mol. The minimum atomic E-state index is -0.171. The molecule has 0 radical (unpaired) electrons. The second-order valence-electron chi connectivity index (χ2n) is 6.04. The fourth-order valence-corrected chi connectivity index (χ4v) is 3.11. The number of hydrazone groups is 1. The third-order valence-electron chi connectivity index (χ3n) is 4.24. The van der Waals surface area contributed by atoms with E-state index in [-0.39, 0.29) is 5.91 Å². The van der Waals surface area contributed by atoms with E-state index in [0.717, 1.165) is 17.8 Å². The largest absolute Gasteiger partial charge is 0.493 e. The number of hydrogen-bond acceptors (Lipinski definition) is 4. The fraction of sp³-hybridized carbons (Fsp3) is 0.238. The first kappa shape index (κ1) is 19.0. The van der Waals surface area contributed by atoms with Crippen LogP contribution in [0.2, 0.25) is 5.02 Å². The van der Waals surface area contributed by atoms with Crippen LogP contribution in [0.5, 0.6) is 11.5 Å². The molecular weight excluding hydrogens is 364 g/mol. The van der Waals surface area contributed by atoms with Gasteiger partial charge in [-0.15, -0.1) is 0 Å². The Bertz CT molecular complexity index is 907. The highest BCUT2D eigenvalue weighted by Crippen LogP contribution is 2.35. The molecule has 0 saturated heterocycles. The van der Waals surface area contributed by atoms with E-state index >= 15 is 0 Å². The molecule has 1 amide bonds. The first-order valence-electron chi connectivity index (χ1n) is 8.69. The second-order valence-corrected chi connectivity index (χ2v) is 6.44. The third kappa shape index (κ3) is 3.83. The standard InChI is InChI=1S/C21H21ClN2O3/c1-4-8-18-16(21(25)24(23-18)15-9-6-5-7-10-15)11-14-12-19(26-2)20(27-3)13-17(14)22/h5-7,9-13H,4,8H2,1-3H3/b16-11-. The van der Waals surface area contributed by atoms with Gasteiger partial charge in [-0.2, -0.15) is 10.1 Å². The molecule has 1 heterocycles. The maximum Gasteiger partial charge on any atom is 0.280 e. The van der Waals surface area contributed by atoms with Crippen molar-refractivity contribution in [3.05, 3.63) is 58.6 Å². The summed E-state index contributed by atoms with van der Waals surface area (Å²) in [6.07, 6.45) is 3.35. The van der Waals surface area contributed by atoms with Crippen LogP contribution in [0.4, 0.5) is 5.69 Å². The van der Waals surface area contributed by atoms with E-state index in [4.69, 9.17) is 21.1 Å². The Kier molecular flexibility index (Phi) is 5.81. The Balaban J connectivity index is 2.04. The van der Waals surface area contributed by atoms with Crippen LogP contribution in [0, 0.1) is 0 Å². The smallest absolute Gasteiger partial charge is 0.280 e. The zero-order valence-electron chi connectivity index (χ0n) is 15.5. The summed E-state index contributed by atoms with van der Waals surface area (Å²) in [4.78, 5) is 13.0. The molecular formula is C21H21ClN2O3. The molecule has 27 heavy (non-hydrogen) atoms. The molecule has 6 heteroatoms. The van der Waals surface area contributed by atoms with E-state index in [1.54, 1.807) is 32.4 Å². The molecule has 5 nitrogen and oxygen atoms in total. The first-order chi connectivity index (χ1) is 13.1. The summed E-state index contributed by atoms with van der Waals surface area (Å²) in [5, 5.41) is 6.46. The van der Waals surface area contributed by atoms with Crippen molar-refractivity contribution in [2.45, 2.75) is 19.8 Å². The number of ether oxygens (including phenoxy) is 2. The van der Waals surface area contributed by atoms with Crippen LogP contribution in [0.25, 0.3) is 6.08 Å². The lowest BCUT2D eigenvalue weighted by molar-refractivity contribution is -0.114. The summed E-state index contributed by atoms with van der Waals surface area (Å²) in [6.45, 7) is 2.05. The monoisotopic (exact) mass is 384 g/mol. The fourth-order valence-electron chi connectivity index (χ4n) is 2.90. The summed E-state index contributed by atoms with van der Waals surface area (Å²) in [5.74, 6) is 0.916. The van der Waals surface area contributed by atoms with Gasteiger partial charge in [-0.05, 0) is 36.3 Å². The molecule has 2 aromatic rings. The molecule has 0 atom stereocenters. The highest BCUT2D eigenvalue weighted by molar-refractivity contribution is 6.35. The number of benzene rings is 2. The van der Waals surface area contributed by atoms with Crippen molar-refractivity contribution in [3.63, 3.8) is 0 Å². The van der Waals surface area contributed by atoms with Crippen LogP contribution in [-0.4, -0.2) is 25.8 Å². The Morgan fingerprint density at radius 2 is 1.78 bits per heavy atom. The van der Waals surface area contributed by atoms with Crippen molar-refractivity contribution in [1.29, 1.82) is 0 Å². The van der Waals surface area contributed by atoms with Gasteiger partial charge in [0.1, 0.15) is 0 Å². The van der Waals surface area contributed by atoms with Gasteiger partial charge in [-0.25, -0.2) is 0 Å². The van der Waals surface area contributed by atoms with E-state index in [0.29, 0.717) is 34.1 Å². The van der Waals surface area contributed by atoms with Crippen LogP contribution < -0.4 is 14.5 Å². The molecule has 0 aromatic heterocycles. The van der Waals surface area contributed by atoms with E-state index in [2.05, 4.69) is 12.0 Å². The molecule has 0 spiro atoms. The number of methoxy groups -OCH3 is 2. The van der Waals surface area contributed by atoms with Gasteiger partial charge < -0.3 is 9.47 Å². The first-order valence-corrected chi connectivity index (χ1v) is 9.07. The summed E-state index contributed by atoms with van der Waals surface area (Å²) < 4.78 is 10.6. The van der Waals surface area contributed by atoms with Gasteiger partial charge in [0, 0.05) is 6.07 Å². The lowest BCUT2D eigenvalue weighted by Gasteiger charge is -2.12. The molecule has 2 aromatic carbocycles. The lowest BCUT2D eigenvalue weighted by Crippen LogP contribution is -2.21. The molecule has 1 aliphatic rings. The molecule has 140 valence electrons. The highest BCUT2D eigenvalue weighted by Gasteiger charge is 2.30. The van der Waals surface area contributed by atoms with E-state index in [1.807, 2.05) is 30.3 Å². The van der Waals surface area contributed by atoms with Crippen molar-refractivity contribution < 1.29 is 14.3 Å². The number of hydrogen-bond donors (Lipinski definition) is 0. The molecule has 3 rings (SSSR count). The Hall–Kier alpha value is -2.79. The van der Waals surface area contributed by atoms with Gasteiger partial charge in [0.25, 0.3) is 5.91 Å². The predicted molar refractivity (Wildman–Crippen MR) is 109 cm³/mol. The molecule has 0 bridgehead atoms. The number of halogens is 1. The minimum absolute atomic E-state index is 0.171. The maximum atomic E-state index is 13.0. The van der Waals surface area contributed by atoms with Crippen LogP contribution in [-0.2, 0) is 4.79 Å². The van der Waals surface area contributed by atoms with Gasteiger partial charge in [0.05, 0.1) is 36.2 Å². The molecule has 1 aliphatic heterocycles. The topological polar surface area (TPSA) is 51.1 Å².